The number of aliphatic imine (C=N–C) groups is 1. The molecule has 2 unspecified atom stereocenters. The van der Waals surface area contributed by atoms with Gasteiger partial charge in [0.25, 0.3) is 0 Å². The molecule has 174 valence electrons. The number of benzene rings is 1. The van der Waals surface area contributed by atoms with Crippen LogP contribution in [-0.4, -0.2) is 39.9 Å². The van der Waals surface area contributed by atoms with E-state index in [9.17, 15) is 0 Å². The number of hydrogen-bond donors (Lipinski definition) is 2. The molecule has 0 radical (unpaired) electrons. The van der Waals surface area contributed by atoms with Gasteiger partial charge in [0.1, 0.15) is 17.3 Å². The Morgan fingerprint density at radius 2 is 2.09 bits per heavy atom. The minimum Gasteiger partial charge on any atom is -0.493 e. The Kier molecular flexibility index (Phi) is 6.32. The standard InChI is InChI=1S/C25H32N6O2/c1-17(2)24-29-23-10-9-18(16-31(23)30-24)27-25(26-13-11-19-6-5-14-32-19)28-21-12-15-33-22-8-4-3-7-20(21)22/h3-8,14,17-18,21H,9-13,15-16H2,1-2H3,(H2,26,27,28). The molecule has 8 nitrogen and oxygen atoms in total. The highest BCUT2D eigenvalue weighted by molar-refractivity contribution is 5.80. The van der Waals surface area contributed by atoms with Crippen LogP contribution in [0.1, 0.15) is 61.6 Å². The van der Waals surface area contributed by atoms with Gasteiger partial charge in [-0.2, -0.15) is 5.10 Å². The van der Waals surface area contributed by atoms with Crippen molar-refractivity contribution in [3.63, 3.8) is 0 Å². The smallest absolute Gasteiger partial charge is 0.192 e. The van der Waals surface area contributed by atoms with E-state index in [0.29, 0.717) is 19.1 Å². The number of rotatable bonds is 6. The summed E-state index contributed by atoms with van der Waals surface area (Å²) in [6.07, 6.45) is 5.28. The first-order chi connectivity index (χ1) is 16.2. The lowest BCUT2D eigenvalue weighted by molar-refractivity contribution is 0.261. The van der Waals surface area contributed by atoms with Crippen molar-refractivity contribution in [1.82, 2.24) is 25.4 Å². The molecule has 5 rings (SSSR count). The topological polar surface area (TPSA) is 89.5 Å². The van der Waals surface area contributed by atoms with Crippen LogP contribution in [0.15, 0.2) is 52.1 Å². The predicted octanol–water partition coefficient (Wildman–Crippen LogP) is 3.61. The highest BCUT2D eigenvalue weighted by Crippen LogP contribution is 2.31. The quantitative estimate of drug-likeness (QED) is 0.442. The van der Waals surface area contributed by atoms with Crippen molar-refractivity contribution in [1.29, 1.82) is 0 Å². The summed E-state index contributed by atoms with van der Waals surface area (Å²) in [4.78, 5) is 9.61. The van der Waals surface area contributed by atoms with E-state index >= 15 is 0 Å². The average molecular weight is 449 g/mol. The monoisotopic (exact) mass is 448 g/mol. The van der Waals surface area contributed by atoms with E-state index in [4.69, 9.17) is 24.2 Å². The first kappa shape index (κ1) is 21.6. The predicted molar refractivity (Wildman–Crippen MR) is 127 cm³/mol. The van der Waals surface area contributed by atoms with Gasteiger partial charge in [-0.25, -0.2) is 9.67 Å². The Morgan fingerprint density at radius 3 is 2.94 bits per heavy atom. The number of nitrogens with zero attached hydrogens (tertiary/aromatic N) is 4. The van der Waals surface area contributed by atoms with Gasteiger partial charge in [-0.05, 0) is 24.6 Å². The number of fused-ring (bicyclic) bond motifs is 2. The van der Waals surface area contributed by atoms with Gasteiger partial charge in [0.15, 0.2) is 11.8 Å². The molecule has 4 heterocycles. The number of para-hydroxylation sites is 1. The lowest BCUT2D eigenvalue weighted by atomic mass is 10.0. The number of aromatic nitrogens is 3. The molecule has 0 fully saturated rings. The Labute approximate surface area is 194 Å². The van der Waals surface area contributed by atoms with Crippen LogP contribution < -0.4 is 15.4 Å². The largest absolute Gasteiger partial charge is 0.493 e. The molecule has 8 heteroatoms. The molecule has 2 aliphatic heterocycles. The zero-order chi connectivity index (χ0) is 22.6. The minimum atomic E-state index is 0.155. The zero-order valence-electron chi connectivity index (χ0n) is 19.3. The summed E-state index contributed by atoms with van der Waals surface area (Å²) in [5, 5.41) is 12.1. The fourth-order valence-corrected chi connectivity index (χ4v) is 4.41. The lowest BCUT2D eigenvalue weighted by Gasteiger charge is -2.30. The lowest BCUT2D eigenvalue weighted by Crippen LogP contribution is -2.48. The average Bonchev–Trinajstić information content (AvgIpc) is 3.49. The fourth-order valence-electron chi connectivity index (χ4n) is 4.41. The van der Waals surface area contributed by atoms with E-state index in [1.54, 1.807) is 6.26 Å². The van der Waals surface area contributed by atoms with E-state index in [1.165, 1.54) is 5.56 Å². The molecule has 0 bridgehead atoms. The third kappa shape index (κ3) is 5.05. The SMILES string of the molecule is CC(C)c1nc2n(n1)CC(NC(=NCCc1ccco1)NC1CCOc3ccccc31)CC2. The van der Waals surface area contributed by atoms with Crippen LogP contribution in [-0.2, 0) is 19.4 Å². The Bertz CT molecular complexity index is 1090. The summed E-state index contributed by atoms with van der Waals surface area (Å²) in [6.45, 7) is 6.40. The van der Waals surface area contributed by atoms with E-state index in [2.05, 4.69) is 41.3 Å². The summed E-state index contributed by atoms with van der Waals surface area (Å²) < 4.78 is 13.4. The van der Waals surface area contributed by atoms with Crippen molar-refractivity contribution in [3.05, 3.63) is 65.6 Å². The molecule has 0 amide bonds. The summed E-state index contributed by atoms with van der Waals surface area (Å²) in [7, 11) is 0. The second-order valence-corrected chi connectivity index (χ2v) is 9.03. The van der Waals surface area contributed by atoms with E-state index in [1.807, 2.05) is 24.3 Å². The maximum atomic E-state index is 5.84. The van der Waals surface area contributed by atoms with Crippen LogP contribution in [0.5, 0.6) is 5.75 Å². The molecule has 1 aromatic carbocycles. The second kappa shape index (κ2) is 9.68. The van der Waals surface area contributed by atoms with Crippen LogP contribution in [0.25, 0.3) is 0 Å². The van der Waals surface area contributed by atoms with Crippen LogP contribution in [0, 0.1) is 0 Å². The number of ether oxygens (including phenoxy) is 1. The van der Waals surface area contributed by atoms with Crippen molar-refractivity contribution in [3.8, 4) is 5.75 Å². The van der Waals surface area contributed by atoms with Gasteiger partial charge >= 0.3 is 0 Å². The maximum Gasteiger partial charge on any atom is 0.192 e. The summed E-state index contributed by atoms with van der Waals surface area (Å²) in [5.74, 6) is 5.06. The Hall–Kier alpha value is -3.29. The molecule has 0 saturated heterocycles. The Morgan fingerprint density at radius 1 is 1.18 bits per heavy atom. The molecule has 2 aromatic heterocycles. The first-order valence-corrected chi connectivity index (χ1v) is 11.9. The molecule has 3 aromatic rings. The summed E-state index contributed by atoms with van der Waals surface area (Å²) >= 11 is 0. The Balaban J connectivity index is 1.31. The van der Waals surface area contributed by atoms with Gasteiger partial charge < -0.3 is 19.8 Å². The number of guanidine groups is 1. The highest BCUT2D eigenvalue weighted by Gasteiger charge is 2.26. The van der Waals surface area contributed by atoms with Crippen LogP contribution in [0.2, 0.25) is 0 Å². The third-order valence-corrected chi connectivity index (χ3v) is 6.21. The van der Waals surface area contributed by atoms with Gasteiger partial charge in [-0.3, -0.25) is 4.99 Å². The number of furan rings is 1. The van der Waals surface area contributed by atoms with Gasteiger partial charge in [0.2, 0.25) is 0 Å². The maximum absolute atomic E-state index is 5.84. The van der Waals surface area contributed by atoms with Crippen molar-refractivity contribution in [2.75, 3.05) is 13.2 Å². The normalized spacial score (nSPS) is 20.2. The van der Waals surface area contributed by atoms with Gasteiger partial charge in [-0.15, -0.1) is 0 Å². The van der Waals surface area contributed by atoms with Crippen molar-refractivity contribution < 1.29 is 9.15 Å². The van der Waals surface area contributed by atoms with Gasteiger partial charge in [0.05, 0.1) is 25.5 Å². The molecule has 0 aliphatic carbocycles. The molecule has 0 saturated carbocycles. The molecular formula is C25H32N6O2. The van der Waals surface area contributed by atoms with Crippen LogP contribution >= 0.6 is 0 Å². The molecule has 2 N–H and O–H groups in total. The number of aryl methyl sites for hydroxylation is 1. The van der Waals surface area contributed by atoms with Crippen molar-refractivity contribution in [2.24, 2.45) is 4.99 Å². The van der Waals surface area contributed by atoms with Crippen molar-refractivity contribution in [2.45, 2.75) is 64.1 Å². The molecule has 0 spiro atoms. The minimum absolute atomic E-state index is 0.155. The molecule has 2 atom stereocenters. The van der Waals surface area contributed by atoms with Gasteiger partial charge in [-0.1, -0.05) is 32.0 Å². The highest BCUT2D eigenvalue weighted by atomic mass is 16.5. The van der Waals surface area contributed by atoms with Gasteiger partial charge in [0, 0.05) is 43.3 Å². The molecular weight excluding hydrogens is 416 g/mol. The first-order valence-electron chi connectivity index (χ1n) is 11.9. The van der Waals surface area contributed by atoms with Crippen molar-refractivity contribution >= 4 is 5.96 Å². The number of nitrogens with one attached hydrogen (secondary N) is 2. The summed E-state index contributed by atoms with van der Waals surface area (Å²) in [6, 6.07) is 12.5. The number of hydrogen-bond acceptors (Lipinski definition) is 5. The second-order valence-electron chi connectivity index (χ2n) is 9.03. The van der Waals surface area contributed by atoms with Crippen LogP contribution in [0.4, 0.5) is 0 Å². The summed E-state index contributed by atoms with van der Waals surface area (Å²) in [5.41, 5.74) is 1.17. The molecule has 33 heavy (non-hydrogen) atoms. The third-order valence-electron chi connectivity index (χ3n) is 6.21. The molecule has 2 aliphatic rings. The van der Waals surface area contributed by atoms with Crippen LogP contribution in [0.3, 0.4) is 0 Å². The van der Waals surface area contributed by atoms with E-state index < -0.39 is 0 Å². The zero-order valence-corrected chi connectivity index (χ0v) is 19.3. The van der Waals surface area contributed by atoms with E-state index in [0.717, 1.165) is 61.3 Å². The van der Waals surface area contributed by atoms with E-state index in [-0.39, 0.29) is 12.1 Å². The fraction of sp³-hybridized carbons (Fsp3) is 0.480.